The van der Waals surface area contributed by atoms with Crippen LogP contribution in [0.2, 0.25) is 0 Å². The highest BCUT2D eigenvalue weighted by Gasteiger charge is 2.43. The lowest BCUT2D eigenvalue weighted by Crippen LogP contribution is -2.47. The van der Waals surface area contributed by atoms with Gasteiger partial charge in [0.15, 0.2) is 0 Å². The van der Waals surface area contributed by atoms with Crippen molar-refractivity contribution >= 4 is 5.91 Å². The van der Waals surface area contributed by atoms with Gasteiger partial charge >= 0.3 is 0 Å². The van der Waals surface area contributed by atoms with Crippen molar-refractivity contribution in [3.8, 4) is 0 Å². The van der Waals surface area contributed by atoms with Gasteiger partial charge in [0.05, 0.1) is 18.1 Å². The number of nitrogens with one attached hydrogen (secondary N) is 1. The second-order valence-electron chi connectivity index (χ2n) is 6.76. The molecule has 0 bridgehead atoms. The summed E-state index contributed by atoms with van der Waals surface area (Å²) in [4.78, 5) is 12.6. The number of hydrogen-bond acceptors (Lipinski definition) is 3. The largest absolute Gasteiger partial charge is 0.379 e. The van der Waals surface area contributed by atoms with Crippen molar-refractivity contribution in [2.24, 2.45) is 5.41 Å². The maximum atomic E-state index is 12.6. The zero-order valence-corrected chi connectivity index (χ0v) is 13.8. The van der Waals surface area contributed by atoms with Crippen LogP contribution in [0.3, 0.4) is 0 Å². The van der Waals surface area contributed by atoms with Gasteiger partial charge in [-0.25, -0.2) is 0 Å². The molecule has 4 nitrogen and oxygen atoms in total. The minimum absolute atomic E-state index is 0.179. The minimum atomic E-state index is -0.179. The standard InChI is InChI=1S/C19H27NO3/c21-18(20-11-5-12-23-17-8-13-22-15-17)19(9-4-10-19)14-16-6-2-1-3-7-16/h1-3,6-7,17H,4-5,8-15H2,(H,20,21). The van der Waals surface area contributed by atoms with Crippen LogP contribution in [-0.4, -0.2) is 38.4 Å². The van der Waals surface area contributed by atoms with Crippen molar-refractivity contribution in [3.63, 3.8) is 0 Å². The van der Waals surface area contributed by atoms with Gasteiger partial charge in [0.25, 0.3) is 0 Å². The van der Waals surface area contributed by atoms with Crippen LogP contribution in [0.25, 0.3) is 0 Å². The van der Waals surface area contributed by atoms with Gasteiger partial charge in [0.2, 0.25) is 5.91 Å². The van der Waals surface area contributed by atoms with E-state index in [4.69, 9.17) is 9.47 Å². The fraction of sp³-hybridized carbons (Fsp3) is 0.632. The summed E-state index contributed by atoms with van der Waals surface area (Å²) in [6, 6.07) is 10.3. The minimum Gasteiger partial charge on any atom is -0.379 e. The molecule has 1 heterocycles. The van der Waals surface area contributed by atoms with Crippen LogP contribution in [0.4, 0.5) is 0 Å². The molecule has 1 saturated carbocycles. The SMILES string of the molecule is O=C(NCCCOC1CCOC1)C1(Cc2ccccc2)CCC1. The Kier molecular flexibility index (Phi) is 5.68. The monoisotopic (exact) mass is 317 g/mol. The van der Waals surface area contributed by atoms with E-state index in [1.807, 2.05) is 18.2 Å². The van der Waals surface area contributed by atoms with Crippen LogP contribution < -0.4 is 5.32 Å². The fourth-order valence-electron chi connectivity index (χ4n) is 3.43. The van der Waals surface area contributed by atoms with Crippen molar-refractivity contribution in [1.29, 1.82) is 0 Å². The van der Waals surface area contributed by atoms with Crippen molar-refractivity contribution in [3.05, 3.63) is 35.9 Å². The Morgan fingerprint density at radius 2 is 2.13 bits per heavy atom. The Morgan fingerprint density at radius 1 is 1.30 bits per heavy atom. The molecular formula is C19H27NO3. The van der Waals surface area contributed by atoms with E-state index in [-0.39, 0.29) is 17.4 Å². The molecule has 4 heteroatoms. The number of rotatable bonds is 8. The zero-order valence-electron chi connectivity index (χ0n) is 13.8. The average Bonchev–Trinajstić information content (AvgIpc) is 3.05. The summed E-state index contributed by atoms with van der Waals surface area (Å²) >= 11 is 0. The molecule has 3 rings (SSSR count). The molecule has 1 unspecified atom stereocenters. The molecule has 1 aromatic carbocycles. The number of amides is 1. The summed E-state index contributed by atoms with van der Waals surface area (Å²) in [5, 5.41) is 3.12. The highest BCUT2D eigenvalue weighted by atomic mass is 16.5. The summed E-state index contributed by atoms with van der Waals surface area (Å²) < 4.78 is 11.0. The first-order valence-corrected chi connectivity index (χ1v) is 8.80. The van der Waals surface area contributed by atoms with E-state index < -0.39 is 0 Å². The Bertz CT molecular complexity index is 493. The number of benzene rings is 1. The molecule has 2 aliphatic rings. The Morgan fingerprint density at radius 3 is 2.78 bits per heavy atom. The van der Waals surface area contributed by atoms with Gasteiger partial charge in [-0.15, -0.1) is 0 Å². The Hall–Kier alpha value is -1.39. The van der Waals surface area contributed by atoms with Gasteiger partial charge in [-0.2, -0.15) is 0 Å². The van der Waals surface area contributed by atoms with Gasteiger partial charge in [-0.1, -0.05) is 36.8 Å². The summed E-state index contributed by atoms with van der Waals surface area (Å²) in [7, 11) is 0. The molecule has 0 spiro atoms. The summed E-state index contributed by atoms with van der Waals surface area (Å²) in [5.41, 5.74) is 1.08. The summed E-state index contributed by atoms with van der Waals surface area (Å²) in [6.45, 7) is 2.92. The molecule has 23 heavy (non-hydrogen) atoms. The Balaban J connectivity index is 1.39. The predicted molar refractivity (Wildman–Crippen MR) is 89.2 cm³/mol. The van der Waals surface area contributed by atoms with Crippen molar-refractivity contribution < 1.29 is 14.3 Å². The van der Waals surface area contributed by atoms with Crippen LogP contribution in [0.15, 0.2) is 30.3 Å². The van der Waals surface area contributed by atoms with E-state index in [1.54, 1.807) is 0 Å². The number of ether oxygens (including phenoxy) is 2. The van der Waals surface area contributed by atoms with Crippen LogP contribution in [0.1, 0.15) is 37.7 Å². The van der Waals surface area contributed by atoms with Crippen molar-refractivity contribution in [1.82, 2.24) is 5.32 Å². The van der Waals surface area contributed by atoms with E-state index in [0.717, 1.165) is 45.1 Å². The summed E-state index contributed by atoms with van der Waals surface area (Å²) in [6.07, 6.45) is 6.13. The van der Waals surface area contributed by atoms with Gasteiger partial charge in [-0.05, 0) is 37.7 Å². The number of carbonyl (C=O) groups is 1. The van der Waals surface area contributed by atoms with E-state index in [0.29, 0.717) is 19.8 Å². The molecule has 1 N–H and O–H groups in total. The highest BCUT2D eigenvalue weighted by molar-refractivity contribution is 5.83. The van der Waals surface area contributed by atoms with Gasteiger partial charge < -0.3 is 14.8 Å². The molecule has 1 amide bonds. The Labute approximate surface area is 138 Å². The second-order valence-corrected chi connectivity index (χ2v) is 6.76. The molecule has 1 aliphatic carbocycles. The maximum Gasteiger partial charge on any atom is 0.226 e. The number of hydrogen-bond donors (Lipinski definition) is 1. The van der Waals surface area contributed by atoms with Gasteiger partial charge in [0.1, 0.15) is 0 Å². The van der Waals surface area contributed by atoms with Crippen LogP contribution >= 0.6 is 0 Å². The van der Waals surface area contributed by atoms with E-state index in [9.17, 15) is 4.79 Å². The van der Waals surface area contributed by atoms with E-state index >= 15 is 0 Å². The molecule has 1 aromatic rings. The molecule has 126 valence electrons. The topological polar surface area (TPSA) is 47.6 Å². The quantitative estimate of drug-likeness (QED) is 0.750. The van der Waals surface area contributed by atoms with E-state index in [1.165, 1.54) is 5.56 Å². The van der Waals surface area contributed by atoms with E-state index in [2.05, 4.69) is 17.4 Å². The first kappa shape index (κ1) is 16.5. The normalized spacial score (nSPS) is 22.5. The maximum absolute atomic E-state index is 12.6. The third kappa shape index (κ3) is 4.33. The lowest BCUT2D eigenvalue weighted by Gasteiger charge is -2.40. The molecule has 0 radical (unpaired) electrons. The van der Waals surface area contributed by atoms with Crippen molar-refractivity contribution in [2.45, 2.75) is 44.6 Å². The number of carbonyl (C=O) groups excluding carboxylic acids is 1. The fourth-order valence-corrected chi connectivity index (χ4v) is 3.43. The lowest BCUT2D eigenvalue weighted by molar-refractivity contribution is -0.136. The second kappa shape index (κ2) is 7.93. The first-order valence-electron chi connectivity index (χ1n) is 8.80. The predicted octanol–water partition coefficient (Wildman–Crippen LogP) is 2.71. The summed E-state index contributed by atoms with van der Waals surface area (Å²) in [5.74, 6) is 0.219. The van der Waals surface area contributed by atoms with Gasteiger partial charge in [0, 0.05) is 19.8 Å². The lowest BCUT2D eigenvalue weighted by atomic mass is 9.64. The molecule has 1 aliphatic heterocycles. The third-order valence-electron chi connectivity index (χ3n) is 5.03. The average molecular weight is 317 g/mol. The molecule has 0 aromatic heterocycles. The molecular weight excluding hydrogens is 290 g/mol. The smallest absolute Gasteiger partial charge is 0.226 e. The first-order chi connectivity index (χ1) is 11.3. The van der Waals surface area contributed by atoms with Gasteiger partial charge in [-0.3, -0.25) is 4.79 Å². The third-order valence-corrected chi connectivity index (χ3v) is 5.03. The highest BCUT2D eigenvalue weighted by Crippen LogP contribution is 2.43. The van der Waals surface area contributed by atoms with Crippen LogP contribution in [0, 0.1) is 5.41 Å². The zero-order chi connectivity index (χ0) is 16.0. The molecule has 2 fully saturated rings. The molecule has 1 saturated heterocycles. The van der Waals surface area contributed by atoms with Crippen LogP contribution in [-0.2, 0) is 20.7 Å². The van der Waals surface area contributed by atoms with Crippen LogP contribution in [0.5, 0.6) is 0 Å². The molecule has 1 atom stereocenters. The van der Waals surface area contributed by atoms with Crippen molar-refractivity contribution in [2.75, 3.05) is 26.4 Å².